The number of rotatable bonds is 4. The van der Waals surface area contributed by atoms with Gasteiger partial charge in [-0.3, -0.25) is 4.79 Å². The molecule has 0 spiro atoms. The van der Waals surface area contributed by atoms with Crippen LogP contribution in [0.1, 0.15) is 17.5 Å². The smallest absolute Gasteiger partial charge is 0.226 e. The lowest BCUT2D eigenvalue weighted by atomic mass is 9.83. The molecular formula is C21H25N3O2S. The molecule has 27 heavy (non-hydrogen) atoms. The van der Waals surface area contributed by atoms with Crippen LogP contribution in [-0.2, 0) is 17.6 Å². The van der Waals surface area contributed by atoms with E-state index in [2.05, 4.69) is 33.9 Å². The maximum atomic E-state index is 13.0. The molecule has 0 saturated carbocycles. The number of hydrogen-bond donors (Lipinski definition) is 2. The summed E-state index contributed by atoms with van der Waals surface area (Å²) in [5.41, 5.74) is 4.78. The van der Waals surface area contributed by atoms with E-state index >= 15 is 0 Å². The predicted molar refractivity (Wildman–Crippen MR) is 111 cm³/mol. The van der Waals surface area contributed by atoms with Crippen LogP contribution in [0, 0.1) is 5.92 Å². The zero-order valence-electron chi connectivity index (χ0n) is 15.3. The summed E-state index contributed by atoms with van der Waals surface area (Å²) in [4.78, 5) is 17.4. The van der Waals surface area contributed by atoms with E-state index in [1.54, 1.807) is 0 Å². The standard InChI is InChI=1S/C21H25N3O2S/c25-21(18-6-5-16-3-1-2-4-17(16)15-18)24-13-11-23(12-14-24)20-9-7-19(8-10-20)22-27-26/h1-4,7-10,18,22,26H,5-6,11-15H2. The SMILES string of the molecule is O=C(C1CCc2ccccc2C1)N1CCN(c2ccc(NSO)cc2)CC1. The number of piperazine rings is 1. The van der Waals surface area contributed by atoms with E-state index in [0.717, 1.165) is 56.8 Å². The number of amides is 1. The molecule has 1 saturated heterocycles. The average Bonchev–Trinajstić information content (AvgIpc) is 2.74. The van der Waals surface area contributed by atoms with Crippen LogP contribution in [0.3, 0.4) is 0 Å². The van der Waals surface area contributed by atoms with Crippen molar-refractivity contribution >= 4 is 29.5 Å². The van der Waals surface area contributed by atoms with Crippen LogP contribution in [-0.4, -0.2) is 41.5 Å². The molecule has 0 radical (unpaired) electrons. The third kappa shape index (κ3) is 4.06. The normalized spacial score (nSPS) is 19.5. The lowest BCUT2D eigenvalue weighted by Gasteiger charge is -2.38. The molecule has 1 aliphatic carbocycles. The van der Waals surface area contributed by atoms with Gasteiger partial charge in [-0.2, -0.15) is 0 Å². The predicted octanol–water partition coefficient (Wildman–Crippen LogP) is 3.67. The Kier molecular flexibility index (Phi) is 5.55. The minimum atomic E-state index is 0.132. The number of nitrogens with one attached hydrogen (secondary N) is 1. The Labute approximate surface area is 164 Å². The van der Waals surface area contributed by atoms with E-state index in [9.17, 15) is 4.79 Å². The van der Waals surface area contributed by atoms with Crippen molar-refractivity contribution in [2.45, 2.75) is 19.3 Å². The van der Waals surface area contributed by atoms with E-state index in [-0.39, 0.29) is 5.92 Å². The van der Waals surface area contributed by atoms with Gasteiger partial charge in [0.25, 0.3) is 0 Å². The summed E-state index contributed by atoms with van der Waals surface area (Å²) >= 11 is 0.601. The van der Waals surface area contributed by atoms with Crippen molar-refractivity contribution in [3.05, 3.63) is 59.7 Å². The molecular weight excluding hydrogens is 358 g/mol. The highest BCUT2D eigenvalue weighted by Gasteiger charge is 2.30. The highest BCUT2D eigenvalue weighted by atomic mass is 32.2. The molecule has 1 amide bonds. The number of carbonyl (C=O) groups is 1. The van der Waals surface area contributed by atoms with E-state index in [4.69, 9.17) is 4.55 Å². The van der Waals surface area contributed by atoms with Crippen LogP contribution in [0.15, 0.2) is 48.5 Å². The fraction of sp³-hybridized carbons (Fsp3) is 0.381. The Hall–Kier alpha value is -2.18. The monoisotopic (exact) mass is 383 g/mol. The van der Waals surface area contributed by atoms with Crippen molar-refractivity contribution in [2.24, 2.45) is 5.92 Å². The largest absolute Gasteiger partial charge is 0.368 e. The highest BCUT2D eigenvalue weighted by molar-refractivity contribution is 7.95. The van der Waals surface area contributed by atoms with E-state index in [1.165, 1.54) is 11.1 Å². The maximum Gasteiger partial charge on any atom is 0.226 e. The molecule has 2 N–H and O–H groups in total. The molecule has 5 nitrogen and oxygen atoms in total. The van der Waals surface area contributed by atoms with E-state index in [1.807, 2.05) is 29.2 Å². The number of fused-ring (bicyclic) bond motifs is 1. The van der Waals surface area contributed by atoms with Crippen LogP contribution in [0.4, 0.5) is 11.4 Å². The van der Waals surface area contributed by atoms with Crippen molar-refractivity contribution in [3.8, 4) is 0 Å². The first-order valence-corrected chi connectivity index (χ1v) is 10.3. The average molecular weight is 384 g/mol. The van der Waals surface area contributed by atoms with Gasteiger partial charge in [0.1, 0.15) is 12.2 Å². The number of carbonyl (C=O) groups excluding carboxylic acids is 1. The zero-order valence-corrected chi connectivity index (χ0v) is 16.1. The third-order valence-electron chi connectivity index (χ3n) is 5.68. The van der Waals surface area contributed by atoms with Crippen molar-refractivity contribution in [2.75, 3.05) is 35.8 Å². The van der Waals surface area contributed by atoms with Crippen molar-refractivity contribution in [1.82, 2.24) is 4.90 Å². The van der Waals surface area contributed by atoms with Gasteiger partial charge in [-0.05, 0) is 54.7 Å². The molecule has 2 aromatic carbocycles. The van der Waals surface area contributed by atoms with E-state index in [0.29, 0.717) is 18.1 Å². The number of hydrogen-bond acceptors (Lipinski definition) is 5. The first kappa shape index (κ1) is 18.2. The number of benzene rings is 2. The summed E-state index contributed by atoms with van der Waals surface area (Å²) in [5.74, 6) is 0.455. The molecule has 4 rings (SSSR count). The Bertz CT molecular complexity index is 788. The summed E-state index contributed by atoms with van der Waals surface area (Å²) in [6, 6.07) is 16.5. The molecule has 1 unspecified atom stereocenters. The second-order valence-electron chi connectivity index (χ2n) is 7.26. The molecule has 142 valence electrons. The van der Waals surface area contributed by atoms with Crippen LogP contribution >= 0.6 is 12.2 Å². The summed E-state index contributed by atoms with van der Waals surface area (Å²) in [6.07, 6.45) is 2.86. The molecule has 6 heteroatoms. The van der Waals surface area contributed by atoms with E-state index < -0.39 is 0 Å². The summed E-state index contributed by atoms with van der Waals surface area (Å²) in [6.45, 7) is 3.28. The topological polar surface area (TPSA) is 55.8 Å². The number of aryl methyl sites for hydroxylation is 1. The first-order valence-electron chi connectivity index (χ1n) is 9.51. The van der Waals surface area contributed by atoms with Crippen molar-refractivity contribution in [1.29, 1.82) is 0 Å². The molecule has 1 atom stereocenters. The lowest BCUT2D eigenvalue weighted by Crippen LogP contribution is -2.51. The van der Waals surface area contributed by atoms with Gasteiger partial charge in [0.15, 0.2) is 0 Å². The number of nitrogens with zero attached hydrogens (tertiary/aromatic N) is 2. The van der Waals surface area contributed by atoms with Gasteiger partial charge in [-0.15, -0.1) is 0 Å². The minimum Gasteiger partial charge on any atom is -0.368 e. The van der Waals surface area contributed by atoms with Crippen LogP contribution < -0.4 is 9.62 Å². The van der Waals surface area contributed by atoms with Gasteiger partial charge in [0, 0.05) is 43.5 Å². The van der Waals surface area contributed by atoms with Crippen molar-refractivity contribution in [3.63, 3.8) is 0 Å². The first-order chi connectivity index (χ1) is 13.2. The van der Waals surface area contributed by atoms with Crippen molar-refractivity contribution < 1.29 is 9.35 Å². The second-order valence-corrected chi connectivity index (χ2v) is 7.65. The Balaban J connectivity index is 1.33. The third-order valence-corrected chi connectivity index (χ3v) is 6.01. The van der Waals surface area contributed by atoms with Gasteiger partial charge in [0.2, 0.25) is 5.91 Å². The van der Waals surface area contributed by atoms with Gasteiger partial charge in [-0.25, -0.2) is 0 Å². The molecule has 1 heterocycles. The minimum absolute atomic E-state index is 0.132. The summed E-state index contributed by atoms with van der Waals surface area (Å²) in [5, 5.41) is 0. The highest BCUT2D eigenvalue weighted by Crippen LogP contribution is 2.27. The lowest BCUT2D eigenvalue weighted by molar-refractivity contribution is -0.136. The summed E-state index contributed by atoms with van der Waals surface area (Å²) in [7, 11) is 0. The molecule has 1 fully saturated rings. The fourth-order valence-corrected chi connectivity index (χ4v) is 4.39. The Morgan fingerprint density at radius 1 is 1.00 bits per heavy atom. The molecule has 2 aromatic rings. The number of anilines is 2. The van der Waals surface area contributed by atoms with Crippen LogP contribution in [0.25, 0.3) is 0 Å². The van der Waals surface area contributed by atoms with Gasteiger partial charge < -0.3 is 19.1 Å². The van der Waals surface area contributed by atoms with Crippen LogP contribution in [0.5, 0.6) is 0 Å². The molecule has 1 aliphatic heterocycles. The quantitative estimate of drug-likeness (QED) is 0.623. The van der Waals surface area contributed by atoms with Crippen LogP contribution in [0.2, 0.25) is 0 Å². The zero-order chi connectivity index (χ0) is 18.6. The Morgan fingerprint density at radius 2 is 1.70 bits per heavy atom. The van der Waals surface area contributed by atoms with Gasteiger partial charge in [-0.1, -0.05) is 24.3 Å². The van der Waals surface area contributed by atoms with Gasteiger partial charge in [0.05, 0.1) is 0 Å². The maximum absolute atomic E-state index is 13.0. The Morgan fingerprint density at radius 3 is 2.41 bits per heavy atom. The molecule has 0 aromatic heterocycles. The fourth-order valence-electron chi connectivity index (χ4n) is 4.14. The van der Waals surface area contributed by atoms with Gasteiger partial charge >= 0.3 is 0 Å². The molecule has 0 bridgehead atoms. The summed E-state index contributed by atoms with van der Waals surface area (Å²) < 4.78 is 11.6. The second kappa shape index (κ2) is 8.23. The molecule has 2 aliphatic rings.